The van der Waals surface area contributed by atoms with Crippen molar-refractivity contribution >= 4 is 39.1 Å². The second kappa shape index (κ2) is 9.47. The highest BCUT2D eigenvalue weighted by Gasteiger charge is 2.17. The highest BCUT2D eigenvalue weighted by atomic mass is 32.1. The molecule has 0 saturated carbocycles. The van der Waals surface area contributed by atoms with Crippen LogP contribution in [0.2, 0.25) is 0 Å². The van der Waals surface area contributed by atoms with E-state index in [0.717, 1.165) is 27.2 Å². The molecule has 0 aliphatic carbocycles. The SMILES string of the molecule is Cc1nn(Cc2ccc(F)cc2)c2sc(C(=O)NCC(=O)Nc3ccc(-n4cncn4)cc3)cc12. The molecule has 0 aliphatic heterocycles. The number of amides is 2. The van der Waals surface area contributed by atoms with Crippen LogP contribution in [0.5, 0.6) is 0 Å². The summed E-state index contributed by atoms with van der Waals surface area (Å²) in [6, 6.07) is 15.1. The summed E-state index contributed by atoms with van der Waals surface area (Å²) < 4.78 is 16.6. The van der Waals surface area contributed by atoms with Gasteiger partial charge in [0.05, 0.1) is 29.3 Å². The van der Waals surface area contributed by atoms with Crippen LogP contribution in [-0.4, -0.2) is 42.9 Å². The Morgan fingerprint density at radius 1 is 1.09 bits per heavy atom. The van der Waals surface area contributed by atoms with Gasteiger partial charge in [-0.3, -0.25) is 14.3 Å². The summed E-state index contributed by atoms with van der Waals surface area (Å²) in [5.41, 5.74) is 3.11. The number of hydrogen-bond donors (Lipinski definition) is 2. The summed E-state index contributed by atoms with van der Waals surface area (Å²) in [5.74, 6) is -0.972. The molecule has 0 unspecified atom stereocenters. The number of thiophene rings is 1. The highest BCUT2D eigenvalue weighted by Crippen LogP contribution is 2.29. The molecule has 5 rings (SSSR count). The van der Waals surface area contributed by atoms with Crippen molar-refractivity contribution in [3.8, 4) is 5.69 Å². The minimum atomic E-state index is -0.341. The van der Waals surface area contributed by atoms with Gasteiger partial charge < -0.3 is 10.6 Å². The Morgan fingerprint density at radius 3 is 2.57 bits per heavy atom. The molecule has 0 radical (unpaired) electrons. The van der Waals surface area contributed by atoms with Crippen LogP contribution in [0.25, 0.3) is 15.9 Å². The predicted molar refractivity (Wildman–Crippen MR) is 130 cm³/mol. The first-order valence-electron chi connectivity index (χ1n) is 10.7. The van der Waals surface area contributed by atoms with E-state index < -0.39 is 0 Å². The fourth-order valence-electron chi connectivity index (χ4n) is 3.59. The van der Waals surface area contributed by atoms with Crippen molar-refractivity contribution in [2.24, 2.45) is 0 Å². The maximum absolute atomic E-state index is 13.2. The van der Waals surface area contributed by atoms with Gasteiger partial charge in [-0.1, -0.05) is 12.1 Å². The summed E-state index contributed by atoms with van der Waals surface area (Å²) in [6.07, 6.45) is 3.02. The molecule has 3 heterocycles. The quantitative estimate of drug-likeness (QED) is 0.364. The molecule has 5 aromatic rings. The fraction of sp³-hybridized carbons (Fsp3) is 0.125. The van der Waals surface area contributed by atoms with E-state index >= 15 is 0 Å². The van der Waals surface area contributed by atoms with Crippen molar-refractivity contribution in [3.05, 3.63) is 89.2 Å². The molecule has 176 valence electrons. The molecule has 0 bridgehead atoms. The zero-order valence-electron chi connectivity index (χ0n) is 18.6. The second-order valence-electron chi connectivity index (χ2n) is 7.82. The molecular formula is C24H20FN7O2S. The fourth-order valence-corrected chi connectivity index (χ4v) is 4.66. The Labute approximate surface area is 203 Å². The summed E-state index contributed by atoms with van der Waals surface area (Å²) in [4.78, 5) is 30.3. The normalized spacial score (nSPS) is 11.0. The number of aryl methyl sites for hydroxylation is 1. The molecule has 3 aromatic heterocycles. The number of fused-ring (bicyclic) bond motifs is 1. The van der Waals surface area contributed by atoms with Gasteiger partial charge in [0.25, 0.3) is 5.91 Å². The number of hydrogen-bond acceptors (Lipinski definition) is 6. The smallest absolute Gasteiger partial charge is 0.261 e. The second-order valence-corrected chi connectivity index (χ2v) is 8.85. The first-order valence-corrected chi connectivity index (χ1v) is 11.5. The molecule has 0 saturated heterocycles. The summed E-state index contributed by atoms with van der Waals surface area (Å²) in [7, 11) is 0. The van der Waals surface area contributed by atoms with E-state index in [9.17, 15) is 14.0 Å². The minimum absolute atomic E-state index is 0.168. The van der Waals surface area contributed by atoms with E-state index in [2.05, 4.69) is 25.8 Å². The molecule has 2 aromatic carbocycles. The van der Waals surface area contributed by atoms with Crippen molar-refractivity contribution in [1.82, 2.24) is 29.9 Å². The van der Waals surface area contributed by atoms with E-state index in [1.54, 1.807) is 58.2 Å². The monoisotopic (exact) mass is 489 g/mol. The molecule has 0 aliphatic rings. The third-order valence-electron chi connectivity index (χ3n) is 5.32. The zero-order chi connectivity index (χ0) is 24.4. The average Bonchev–Trinajstić information content (AvgIpc) is 3.59. The maximum atomic E-state index is 13.2. The lowest BCUT2D eigenvalue weighted by Crippen LogP contribution is -2.32. The zero-order valence-corrected chi connectivity index (χ0v) is 19.4. The standard InChI is InChI=1S/C24H20FN7O2S/c1-15-20-10-21(35-24(20)31(30-15)12-16-2-4-17(25)5-3-16)23(34)27-11-22(33)29-18-6-8-19(9-7-18)32-14-26-13-28-32/h2-10,13-14H,11-12H2,1H3,(H,27,34)(H,29,33). The topological polar surface area (TPSA) is 107 Å². The lowest BCUT2D eigenvalue weighted by atomic mass is 10.2. The Morgan fingerprint density at radius 2 is 1.86 bits per heavy atom. The van der Waals surface area contributed by atoms with Crippen LogP contribution < -0.4 is 10.6 Å². The molecule has 9 nitrogen and oxygen atoms in total. The Kier molecular flexibility index (Phi) is 6.06. The Balaban J connectivity index is 1.21. The van der Waals surface area contributed by atoms with Crippen LogP contribution in [0.1, 0.15) is 20.9 Å². The van der Waals surface area contributed by atoms with Crippen LogP contribution in [0.4, 0.5) is 10.1 Å². The van der Waals surface area contributed by atoms with Gasteiger partial charge in [-0.2, -0.15) is 10.2 Å². The number of nitrogens with one attached hydrogen (secondary N) is 2. The molecule has 2 amide bonds. The molecular weight excluding hydrogens is 469 g/mol. The van der Waals surface area contributed by atoms with Gasteiger partial charge in [0.15, 0.2) is 0 Å². The molecule has 2 N–H and O–H groups in total. The van der Waals surface area contributed by atoms with Crippen LogP contribution >= 0.6 is 11.3 Å². The van der Waals surface area contributed by atoms with E-state index in [4.69, 9.17) is 0 Å². The summed E-state index contributed by atoms with van der Waals surface area (Å²) in [5, 5.41) is 14.9. The van der Waals surface area contributed by atoms with Gasteiger partial charge in [0, 0.05) is 11.1 Å². The lowest BCUT2D eigenvalue weighted by Gasteiger charge is -2.07. The number of benzene rings is 2. The average molecular weight is 490 g/mol. The first kappa shape index (κ1) is 22.4. The number of carbonyl (C=O) groups is 2. The number of carbonyl (C=O) groups excluding carboxylic acids is 2. The van der Waals surface area contributed by atoms with E-state index in [1.165, 1.54) is 29.8 Å². The van der Waals surface area contributed by atoms with Crippen molar-refractivity contribution in [1.29, 1.82) is 0 Å². The minimum Gasteiger partial charge on any atom is -0.342 e. The van der Waals surface area contributed by atoms with E-state index in [-0.39, 0.29) is 24.2 Å². The van der Waals surface area contributed by atoms with Crippen LogP contribution in [0.15, 0.2) is 67.3 Å². The first-order chi connectivity index (χ1) is 17.0. The Hall–Kier alpha value is -4.38. The van der Waals surface area contributed by atoms with Crippen molar-refractivity contribution in [2.75, 3.05) is 11.9 Å². The third-order valence-corrected chi connectivity index (χ3v) is 6.47. The molecule has 11 heteroatoms. The van der Waals surface area contributed by atoms with Crippen LogP contribution in [0.3, 0.4) is 0 Å². The summed E-state index contributed by atoms with van der Waals surface area (Å²) in [6.45, 7) is 2.17. The van der Waals surface area contributed by atoms with Gasteiger partial charge >= 0.3 is 0 Å². The van der Waals surface area contributed by atoms with Crippen molar-refractivity contribution in [3.63, 3.8) is 0 Å². The Bertz CT molecular complexity index is 1490. The van der Waals surface area contributed by atoms with Crippen LogP contribution in [0, 0.1) is 12.7 Å². The van der Waals surface area contributed by atoms with Crippen molar-refractivity contribution < 1.29 is 14.0 Å². The molecule has 0 spiro atoms. The lowest BCUT2D eigenvalue weighted by molar-refractivity contribution is -0.115. The van der Waals surface area contributed by atoms with Crippen LogP contribution in [-0.2, 0) is 11.3 Å². The summed E-state index contributed by atoms with van der Waals surface area (Å²) >= 11 is 1.30. The third kappa shape index (κ3) is 4.94. The predicted octanol–water partition coefficient (Wildman–Crippen LogP) is 3.54. The van der Waals surface area contributed by atoms with Gasteiger partial charge in [-0.05, 0) is 55.0 Å². The molecule has 0 fully saturated rings. The number of aromatic nitrogens is 5. The van der Waals surface area contributed by atoms with Crippen molar-refractivity contribution in [2.45, 2.75) is 13.5 Å². The molecule has 0 atom stereocenters. The largest absolute Gasteiger partial charge is 0.342 e. The molecule has 35 heavy (non-hydrogen) atoms. The highest BCUT2D eigenvalue weighted by molar-refractivity contribution is 7.20. The maximum Gasteiger partial charge on any atom is 0.261 e. The van der Waals surface area contributed by atoms with Gasteiger partial charge in [-0.15, -0.1) is 11.3 Å². The van der Waals surface area contributed by atoms with Gasteiger partial charge in [0.2, 0.25) is 5.91 Å². The number of nitrogens with zero attached hydrogens (tertiary/aromatic N) is 5. The number of halogens is 1. The van der Waals surface area contributed by atoms with E-state index in [1.807, 2.05) is 6.92 Å². The van der Waals surface area contributed by atoms with Gasteiger partial charge in [-0.25, -0.2) is 14.1 Å². The van der Waals surface area contributed by atoms with E-state index in [0.29, 0.717) is 17.1 Å². The van der Waals surface area contributed by atoms with Gasteiger partial charge in [0.1, 0.15) is 23.3 Å². The number of rotatable bonds is 7. The number of anilines is 1.